The molecule has 2 aliphatic heterocycles. The first kappa shape index (κ1) is 10.8. The Morgan fingerprint density at radius 3 is 3.00 bits per heavy atom. The Kier molecular flexibility index (Phi) is 2.41. The van der Waals surface area contributed by atoms with Gasteiger partial charge in [-0.15, -0.1) is 10.2 Å². The summed E-state index contributed by atoms with van der Waals surface area (Å²) in [5.41, 5.74) is 0.848. The van der Waals surface area contributed by atoms with Gasteiger partial charge in [0.05, 0.1) is 6.04 Å². The molecule has 4 rings (SSSR count). The Morgan fingerprint density at radius 1 is 1.16 bits per heavy atom. The lowest BCUT2D eigenvalue weighted by Gasteiger charge is -2.02. The number of benzene rings is 1. The van der Waals surface area contributed by atoms with E-state index < -0.39 is 0 Å². The van der Waals surface area contributed by atoms with Crippen LogP contribution in [-0.4, -0.2) is 23.5 Å². The van der Waals surface area contributed by atoms with Gasteiger partial charge in [0.25, 0.3) is 0 Å². The van der Waals surface area contributed by atoms with Gasteiger partial charge in [-0.25, -0.2) is 0 Å². The van der Waals surface area contributed by atoms with Gasteiger partial charge in [-0.3, -0.25) is 0 Å². The Bertz CT molecular complexity index is 605. The predicted octanol–water partition coefficient (Wildman–Crippen LogP) is 1.89. The third-order valence-electron chi connectivity index (χ3n) is 3.42. The van der Waals surface area contributed by atoms with E-state index in [1.807, 2.05) is 18.2 Å². The van der Waals surface area contributed by atoms with Crippen LogP contribution in [0.5, 0.6) is 11.5 Å². The van der Waals surface area contributed by atoms with Gasteiger partial charge in [0.2, 0.25) is 18.6 Å². The van der Waals surface area contributed by atoms with Gasteiger partial charge in [0.15, 0.2) is 11.5 Å². The maximum atomic E-state index is 5.73. The zero-order valence-electron chi connectivity index (χ0n) is 10.3. The molecule has 98 valence electrons. The van der Waals surface area contributed by atoms with Crippen molar-refractivity contribution in [2.45, 2.75) is 18.9 Å². The minimum atomic E-state index is 0.190. The van der Waals surface area contributed by atoms with E-state index in [2.05, 4.69) is 15.5 Å². The van der Waals surface area contributed by atoms with Crippen LogP contribution in [0, 0.1) is 0 Å². The standard InChI is InChI=1S/C13H13N3O3/c1-2-9(14-5-1)13-16-15-12(19-13)8-3-4-10-11(6-8)18-7-17-10/h3-4,6,9,14H,1-2,5,7H2. The molecule has 6 heteroatoms. The molecule has 0 radical (unpaired) electrons. The van der Waals surface area contributed by atoms with Gasteiger partial charge in [-0.1, -0.05) is 0 Å². The molecule has 0 amide bonds. The van der Waals surface area contributed by atoms with Crippen LogP contribution < -0.4 is 14.8 Å². The first-order valence-electron chi connectivity index (χ1n) is 6.37. The zero-order valence-corrected chi connectivity index (χ0v) is 10.3. The van der Waals surface area contributed by atoms with Crippen LogP contribution in [0.25, 0.3) is 11.5 Å². The van der Waals surface area contributed by atoms with Crippen molar-refractivity contribution in [1.82, 2.24) is 15.5 Å². The van der Waals surface area contributed by atoms with Crippen LogP contribution in [0.3, 0.4) is 0 Å². The van der Waals surface area contributed by atoms with Crippen molar-refractivity contribution < 1.29 is 13.9 Å². The lowest BCUT2D eigenvalue weighted by atomic mass is 10.2. The predicted molar refractivity (Wildman–Crippen MR) is 65.8 cm³/mol. The van der Waals surface area contributed by atoms with Crippen LogP contribution in [0.1, 0.15) is 24.8 Å². The first-order valence-corrected chi connectivity index (χ1v) is 6.37. The molecule has 0 aliphatic carbocycles. The van der Waals surface area contributed by atoms with Gasteiger partial charge in [0.1, 0.15) is 0 Å². The number of fused-ring (bicyclic) bond motifs is 1. The molecule has 1 aromatic carbocycles. The summed E-state index contributed by atoms with van der Waals surface area (Å²) in [7, 11) is 0. The monoisotopic (exact) mass is 259 g/mol. The highest BCUT2D eigenvalue weighted by Gasteiger charge is 2.23. The maximum Gasteiger partial charge on any atom is 0.247 e. The van der Waals surface area contributed by atoms with Gasteiger partial charge in [-0.05, 0) is 37.6 Å². The van der Waals surface area contributed by atoms with E-state index in [4.69, 9.17) is 13.9 Å². The fraction of sp³-hybridized carbons (Fsp3) is 0.385. The van der Waals surface area contributed by atoms with Crippen molar-refractivity contribution in [2.24, 2.45) is 0 Å². The molecule has 2 aliphatic rings. The molecular formula is C13H13N3O3. The second-order valence-electron chi connectivity index (χ2n) is 4.66. The highest BCUT2D eigenvalue weighted by Crippen LogP contribution is 2.36. The van der Waals surface area contributed by atoms with E-state index in [1.165, 1.54) is 0 Å². The fourth-order valence-corrected chi connectivity index (χ4v) is 2.42. The van der Waals surface area contributed by atoms with Crippen molar-refractivity contribution in [1.29, 1.82) is 0 Å². The second-order valence-corrected chi connectivity index (χ2v) is 4.66. The van der Waals surface area contributed by atoms with E-state index in [1.54, 1.807) is 0 Å². The molecule has 2 aromatic rings. The number of ether oxygens (including phenoxy) is 2. The van der Waals surface area contributed by atoms with Gasteiger partial charge >= 0.3 is 0 Å². The molecule has 1 aromatic heterocycles. The highest BCUT2D eigenvalue weighted by molar-refractivity contribution is 5.60. The molecule has 0 saturated carbocycles. The van der Waals surface area contributed by atoms with E-state index in [0.29, 0.717) is 11.8 Å². The van der Waals surface area contributed by atoms with Crippen molar-refractivity contribution in [3.8, 4) is 23.0 Å². The molecule has 3 heterocycles. The van der Waals surface area contributed by atoms with E-state index in [-0.39, 0.29) is 12.8 Å². The smallest absolute Gasteiger partial charge is 0.247 e. The summed E-state index contributed by atoms with van der Waals surface area (Å²) in [6.07, 6.45) is 2.19. The van der Waals surface area contributed by atoms with E-state index in [0.717, 1.165) is 36.4 Å². The molecule has 1 unspecified atom stereocenters. The lowest BCUT2D eigenvalue weighted by Crippen LogP contribution is -2.12. The van der Waals surface area contributed by atoms with Crippen molar-refractivity contribution in [2.75, 3.05) is 13.3 Å². The Balaban J connectivity index is 1.65. The summed E-state index contributed by atoms with van der Waals surface area (Å²) in [4.78, 5) is 0. The van der Waals surface area contributed by atoms with Gasteiger partial charge in [0, 0.05) is 5.56 Å². The Hall–Kier alpha value is -2.08. The number of nitrogens with one attached hydrogen (secondary N) is 1. The fourth-order valence-electron chi connectivity index (χ4n) is 2.42. The third-order valence-corrected chi connectivity index (χ3v) is 3.42. The summed E-state index contributed by atoms with van der Waals surface area (Å²) < 4.78 is 16.4. The largest absolute Gasteiger partial charge is 0.454 e. The normalized spacial score (nSPS) is 20.9. The molecule has 0 bridgehead atoms. The second kappa shape index (κ2) is 4.24. The summed E-state index contributed by atoms with van der Waals surface area (Å²) in [5.74, 6) is 2.64. The summed E-state index contributed by atoms with van der Waals surface area (Å²) in [5, 5.41) is 11.6. The van der Waals surface area contributed by atoms with Gasteiger partial charge < -0.3 is 19.2 Å². The lowest BCUT2D eigenvalue weighted by molar-refractivity contribution is 0.174. The topological polar surface area (TPSA) is 69.4 Å². The summed E-state index contributed by atoms with van der Waals surface area (Å²) in [6.45, 7) is 1.27. The molecule has 1 fully saturated rings. The minimum absolute atomic E-state index is 0.190. The molecule has 1 saturated heterocycles. The first-order chi connectivity index (χ1) is 9.40. The van der Waals surface area contributed by atoms with Crippen LogP contribution in [0.4, 0.5) is 0 Å². The highest BCUT2D eigenvalue weighted by atomic mass is 16.7. The van der Waals surface area contributed by atoms with E-state index in [9.17, 15) is 0 Å². The van der Waals surface area contributed by atoms with Crippen LogP contribution in [0.2, 0.25) is 0 Å². The molecule has 0 spiro atoms. The van der Waals surface area contributed by atoms with E-state index >= 15 is 0 Å². The van der Waals surface area contributed by atoms with Crippen LogP contribution >= 0.6 is 0 Å². The van der Waals surface area contributed by atoms with Crippen LogP contribution in [0.15, 0.2) is 22.6 Å². The Labute approximate surface area is 109 Å². The van der Waals surface area contributed by atoms with Crippen molar-refractivity contribution in [3.63, 3.8) is 0 Å². The SMILES string of the molecule is c1cc2c(cc1-c1nnc(C3CCCN3)o1)OCO2. The molecule has 6 nitrogen and oxygen atoms in total. The number of hydrogen-bond acceptors (Lipinski definition) is 6. The Morgan fingerprint density at radius 2 is 2.11 bits per heavy atom. The van der Waals surface area contributed by atoms with Crippen molar-refractivity contribution >= 4 is 0 Å². The molecular weight excluding hydrogens is 246 g/mol. The number of nitrogens with zero attached hydrogens (tertiary/aromatic N) is 2. The molecule has 1 N–H and O–H groups in total. The summed E-state index contributed by atoms with van der Waals surface area (Å²) in [6, 6.07) is 5.81. The van der Waals surface area contributed by atoms with Gasteiger partial charge in [-0.2, -0.15) is 0 Å². The third kappa shape index (κ3) is 1.84. The quantitative estimate of drug-likeness (QED) is 0.888. The zero-order chi connectivity index (χ0) is 12.7. The average Bonchev–Trinajstić information content (AvgIpc) is 3.18. The average molecular weight is 259 g/mol. The molecule has 19 heavy (non-hydrogen) atoms. The number of aromatic nitrogens is 2. The maximum absolute atomic E-state index is 5.73. The number of hydrogen-bond donors (Lipinski definition) is 1. The van der Waals surface area contributed by atoms with Crippen molar-refractivity contribution in [3.05, 3.63) is 24.1 Å². The summed E-state index contributed by atoms with van der Waals surface area (Å²) >= 11 is 0. The number of rotatable bonds is 2. The van der Waals surface area contributed by atoms with Crippen LogP contribution in [-0.2, 0) is 0 Å². The minimum Gasteiger partial charge on any atom is -0.454 e. The molecule has 1 atom stereocenters.